The van der Waals surface area contributed by atoms with Crippen LogP contribution in [0.1, 0.15) is 10.5 Å². The summed E-state index contributed by atoms with van der Waals surface area (Å²) in [6, 6.07) is 6.73. The highest BCUT2D eigenvalue weighted by Crippen LogP contribution is 2.18. The number of nitrogens with two attached hydrogens (primary N) is 1. The highest BCUT2D eigenvalue weighted by atomic mass is 79.9. The minimum atomic E-state index is -0.329. The van der Waals surface area contributed by atoms with Crippen molar-refractivity contribution in [1.82, 2.24) is 9.97 Å². The van der Waals surface area contributed by atoms with E-state index >= 15 is 0 Å². The lowest BCUT2D eigenvalue weighted by Crippen LogP contribution is -2.14. The number of nitrogen functional groups attached to an aromatic ring is 1. The summed E-state index contributed by atoms with van der Waals surface area (Å²) in [6.07, 6.45) is 3.03. The molecule has 0 atom stereocenters. The number of nitrogens with zero attached hydrogens (tertiary/aromatic N) is 2. The van der Waals surface area contributed by atoms with E-state index in [0.29, 0.717) is 16.0 Å². The molecule has 3 N–H and O–H groups in total. The second-order valence-corrected chi connectivity index (χ2v) is 4.12. The van der Waals surface area contributed by atoms with Crippen LogP contribution in [0.3, 0.4) is 0 Å². The molecule has 6 heteroatoms. The minimum absolute atomic E-state index is 0.289. The zero-order chi connectivity index (χ0) is 12.3. The number of rotatable bonds is 2. The van der Waals surface area contributed by atoms with Crippen molar-refractivity contribution in [3.63, 3.8) is 0 Å². The van der Waals surface area contributed by atoms with Crippen LogP contribution in [-0.2, 0) is 0 Å². The molecule has 86 valence electrons. The highest BCUT2D eigenvalue weighted by molar-refractivity contribution is 9.10. The van der Waals surface area contributed by atoms with Crippen molar-refractivity contribution < 1.29 is 4.79 Å². The van der Waals surface area contributed by atoms with Gasteiger partial charge in [-0.15, -0.1) is 0 Å². The van der Waals surface area contributed by atoms with E-state index in [2.05, 4.69) is 31.2 Å². The normalized spacial score (nSPS) is 9.94. The molecule has 2 heterocycles. The lowest BCUT2D eigenvalue weighted by molar-refractivity contribution is 0.102. The van der Waals surface area contributed by atoms with Gasteiger partial charge in [0.15, 0.2) is 0 Å². The van der Waals surface area contributed by atoms with E-state index in [1.807, 2.05) is 0 Å². The van der Waals surface area contributed by atoms with Crippen molar-refractivity contribution in [2.75, 3.05) is 11.1 Å². The number of halogens is 1. The first-order valence-corrected chi connectivity index (χ1v) is 5.59. The summed E-state index contributed by atoms with van der Waals surface area (Å²) in [5.74, 6) is 0.125. The zero-order valence-corrected chi connectivity index (χ0v) is 10.3. The second kappa shape index (κ2) is 4.92. The Kier molecular flexibility index (Phi) is 3.34. The van der Waals surface area contributed by atoms with Crippen molar-refractivity contribution in [1.29, 1.82) is 0 Å². The predicted octanol–water partition coefficient (Wildman–Crippen LogP) is 2.07. The van der Waals surface area contributed by atoms with Crippen LogP contribution in [0, 0.1) is 0 Å². The number of hydrogen-bond donors (Lipinski definition) is 2. The van der Waals surface area contributed by atoms with Crippen molar-refractivity contribution >= 4 is 33.3 Å². The molecule has 2 aromatic heterocycles. The van der Waals surface area contributed by atoms with Crippen molar-refractivity contribution in [2.24, 2.45) is 0 Å². The van der Waals surface area contributed by atoms with Crippen molar-refractivity contribution in [3.8, 4) is 0 Å². The molecule has 0 aliphatic heterocycles. The molecule has 1 amide bonds. The summed E-state index contributed by atoms with van der Waals surface area (Å²) in [7, 11) is 0. The fourth-order valence-electron chi connectivity index (χ4n) is 1.19. The summed E-state index contributed by atoms with van der Waals surface area (Å²) in [5, 5.41) is 2.65. The lowest BCUT2D eigenvalue weighted by Gasteiger charge is -2.05. The van der Waals surface area contributed by atoms with Gasteiger partial charge in [0.25, 0.3) is 5.91 Å². The van der Waals surface area contributed by atoms with Crippen LogP contribution in [-0.4, -0.2) is 15.9 Å². The molecule has 2 aromatic rings. The largest absolute Gasteiger partial charge is 0.397 e. The van der Waals surface area contributed by atoms with Gasteiger partial charge in [0.05, 0.1) is 16.4 Å². The molecular weight excluding hydrogens is 284 g/mol. The molecule has 2 rings (SSSR count). The van der Waals surface area contributed by atoms with E-state index in [4.69, 9.17) is 5.73 Å². The number of amides is 1. The molecule has 0 radical (unpaired) electrons. The fraction of sp³-hybridized carbons (Fsp3) is 0. The van der Waals surface area contributed by atoms with Gasteiger partial charge >= 0.3 is 0 Å². The lowest BCUT2D eigenvalue weighted by atomic mass is 10.3. The van der Waals surface area contributed by atoms with Gasteiger partial charge in [0, 0.05) is 6.20 Å². The first-order chi connectivity index (χ1) is 8.16. The molecule has 17 heavy (non-hydrogen) atoms. The van der Waals surface area contributed by atoms with Gasteiger partial charge < -0.3 is 11.1 Å². The van der Waals surface area contributed by atoms with Crippen molar-refractivity contribution in [3.05, 3.63) is 46.8 Å². The molecule has 0 bridgehead atoms. The monoisotopic (exact) mass is 292 g/mol. The molecule has 0 saturated carbocycles. The first kappa shape index (κ1) is 11.5. The number of carbonyl (C=O) groups is 1. The standard InChI is InChI=1S/C11H9BrN4O/c12-8-2-1-5-14-10(8)16-11(17)9-4-3-7(13)6-15-9/h1-6H,13H2,(H,14,16,17). The second-order valence-electron chi connectivity index (χ2n) is 3.26. The van der Waals surface area contributed by atoms with E-state index in [9.17, 15) is 4.79 Å². The van der Waals surface area contributed by atoms with Crippen LogP contribution in [0.25, 0.3) is 0 Å². The third-order valence-corrected chi connectivity index (χ3v) is 2.65. The fourth-order valence-corrected chi connectivity index (χ4v) is 1.54. The minimum Gasteiger partial charge on any atom is -0.397 e. The Morgan fingerprint density at radius 3 is 2.76 bits per heavy atom. The molecule has 0 aromatic carbocycles. The Morgan fingerprint density at radius 2 is 2.12 bits per heavy atom. The van der Waals surface area contributed by atoms with Gasteiger partial charge in [-0.1, -0.05) is 0 Å². The Hall–Kier alpha value is -1.95. The molecule has 0 spiro atoms. The van der Waals surface area contributed by atoms with E-state index < -0.39 is 0 Å². The molecule has 0 aliphatic carbocycles. The Balaban J connectivity index is 2.17. The van der Waals surface area contributed by atoms with Gasteiger partial charge in [-0.05, 0) is 40.2 Å². The zero-order valence-electron chi connectivity index (χ0n) is 8.72. The van der Waals surface area contributed by atoms with E-state index in [-0.39, 0.29) is 11.6 Å². The van der Waals surface area contributed by atoms with Crippen molar-refractivity contribution in [2.45, 2.75) is 0 Å². The number of anilines is 2. The summed E-state index contributed by atoms with van der Waals surface area (Å²) in [4.78, 5) is 19.8. The molecule has 0 aliphatic rings. The molecule has 0 saturated heterocycles. The van der Waals surface area contributed by atoms with Crippen LogP contribution < -0.4 is 11.1 Å². The first-order valence-electron chi connectivity index (χ1n) is 4.80. The third-order valence-electron chi connectivity index (χ3n) is 2.01. The SMILES string of the molecule is Nc1ccc(C(=O)Nc2ncccc2Br)nc1. The summed E-state index contributed by atoms with van der Waals surface area (Å²) in [6.45, 7) is 0. The summed E-state index contributed by atoms with van der Waals surface area (Å²) in [5.41, 5.74) is 6.29. The van der Waals surface area contributed by atoms with Crippen LogP contribution >= 0.6 is 15.9 Å². The number of nitrogens with one attached hydrogen (secondary N) is 1. The van der Waals surface area contributed by atoms with E-state index in [1.165, 1.54) is 6.20 Å². The van der Waals surface area contributed by atoms with Gasteiger partial charge in [-0.3, -0.25) is 4.79 Å². The van der Waals surface area contributed by atoms with Crippen LogP contribution in [0.5, 0.6) is 0 Å². The van der Waals surface area contributed by atoms with Gasteiger partial charge in [0.1, 0.15) is 11.5 Å². The molecule has 5 nitrogen and oxygen atoms in total. The average Bonchev–Trinajstić information content (AvgIpc) is 2.33. The van der Waals surface area contributed by atoms with Crippen LogP contribution in [0.4, 0.5) is 11.5 Å². The molecule has 0 fully saturated rings. The van der Waals surface area contributed by atoms with Gasteiger partial charge in [-0.2, -0.15) is 0 Å². The molecular formula is C11H9BrN4O. The number of pyridine rings is 2. The van der Waals surface area contributed by atoms with Crippen LogP contribution in [0.15, 0.2) is 41.1 Å². The Labute approximate surface area is 106 Å². The van der Waals surface area contributed by atoms with Gasteiger partial charge in [0.2, 0.25) is 0 Å². The summed E-state index contributed by atoms with van der Waals surface area (Å²) >= 11 is 3.29. The third kappa shape index (κ3) is 2.79. The molecule has 0 unspecified atom stereocenters. The highest BCUT2D eigenvalue weighted by Gasteiger charge is 2.09. The Bertz CT molecular complexity index is 541. The quantitative estimate of drug-likeness (QED) is 0.888. The average molecular weight is 293 g/mol. The maximum atomic E-state index is 11.8. The maximum Gasteiger partial charge on any atom is 0.275 e. The van der Waals surface area contributed by atoms with E-state index in [0.717, 1.165) is 0 Å². The maximum absolute atomic E-state index is 11.8. The van der Waals surface area contributed by atoms with Crippen LogP contribution in [0.2, 0.25) is 0 Å². The predicted molar refractivity (Wildman–Crippen MR) is 68.5 cm³/mol. The smallest absolute Gasteiger partial charge is 0.275 e. The van der Waals surface area contributed by atoms with Gasteiger partial charge in [-0.25, -0.2) is 9.97 Å². The topological polar surface area (TPSA) is 80.9 Å². The van der Waals surface area contributed by atoms with E-state index in [1.54, 1.807) is 30.5 Å². The Morgan fingerprint density at radius 1 is 1.29 bits per heavy atom. The number of aromatic nitrogens is 2. The summed E-state index contributed by atoms with van der Waals surface area (Å²) < 4.78 is 0.712. The number of carbonyl (C=O) groups excluding carboxylic acids is 1. The number of hydrogen-bond acceptors (Lipinski definition) is 4.